The molecule has 3 N–H and O–H groups in total. The topological polar surface area (TPSA) is 58.4 Å². The van der Waals surface area contributed by atoms with Crippen LogP contribution in [0.2, 0.25) is 0 Å². The zero-order chi connectivity index (χ0) is 20.5. The number of carbonyl (C=O) groups excluding carboxylic acids is 1. The number of likely N-dealkylation sites (N-methyl/N-ethyl adjacent to an activating group) is 1. The fourth-order valence-electron chi connectivity index (χ4n) is 3.98. The van der Waals surface area contributed by atoms with Gasteiger partial charge in [-0.3, -0.25) is 4.79 Å². The minimum Gasteiger partial charge on any atom is -0.344 e. The second kappa shape index (κ2) is 9.95. The number of amides is 1. The molecule has 1 aromatic carbocycles. The zero-order valence-corrected chi connectivity index (χ0v) is 19.9. The number of nitrogens with two attached hydrogens (primary N) is 1. The molecule has 162 valence electrons. The Balaban J connectivity index is 0.00000300. The van der Waals surface area contributed by atoms with E-state index in [1.54, 1.807) is 0 Å². The molecule has 1 heterocycles. The molecule has 3 atom stereocenters. The Labute approximate surface area is 198 Å². The van der Waals surface area contributed by atoms with E-state index >= 15 is 0 Å². The molecule has 1 fully saturated rings. The number of halogens is 5. The van der Waals surface area contributed by atoms with Crippen LogP contribution in [-0.4, -0.2) is 45.1 Å². The normalized spacial score (nSPS) is 27.3. The number of carbonyl (C=O) groups is 1. The number of hydrogen-bond acceptors (Lipinski definition) is 3. The fourth-order valence-corrected chi connectivity index (χ4v) is 5.47. The average molecular weight is 502 g/mol. The number of nitrogens with one attached hydrogen (secondary N) is 1. The van der Waals surface area contributed by atoms with Gasteiger partial charge in [0, 0.05) is 18.0 Å². The third-order valence-corrected chi connectivity index (χ3v) is 7.04. The van der Waals surface area contributed by atoms with E-state index in [0.717, 1.165) is 31.4 Å². The molecule has 9 heteroatoms. The first-order chi connectivity index (χ1) is 13.1. The van der Waals surface area contributed by atoms with Crippen molar-refractivity contribution in [3.05, 3.63) is 47.5 Å². The maximum Gasteiger partial charge on any atom is 0.247 e. The Bertz CT molecular complexity index is 741. The third kappa shape index (κ3) is 5.74. The van der Waals surface area contributed by atoms with Gasteiger partial charge < -0.3 is 16.0 Å². The Kier molecular flexibility index (Phi) is 8.60. The van der Waals surface area contributed by atoms with E-state index in [1.165, 1.54) is 6.08 Å². The largest absolute Gasteiger partial charge is 0.344 e. The predicted octanol–water partition coefficient (Wildman–Crippen LogP) is 4.76. The molecule has 1 aromatic rings. The van der Waals surface area contributed by atoms with Gasteiger partial charge in [0.2, 0.25) is 5.91 Å². The highest BCUT2D eigenvalue weighted by Gasteiger charge is 2.50. The zero-order valence-electron chi connectivity index (χ0n) is 16.1. The summed E-state index contributed by atoms with van der Waals surface area (Å²) in [5, 5.41) is 3.17. The van der Waals surface area contributed by atoms with Gasteiger partial charge in [0.1, 0.15) is 4.33 Å². The van der Waals surface area contributed by atoms with Crippen LogP contribution in [0.4, 0.5) is 0 Å². The maximum absolute atomic E-state index is 13.1. The summed E-state index contributed by atoms with van der Waals surface area (Å²) in [6.45, 7) is 1.00. The standard InChI is InChI=1S/C20H25Cl4N3O.ClH/c1-27-10-6-5-9-15(27)16(13-7-3-2-4-8-13)26-17(28)14-11-19(21,22)18(25)20(23,24)12-14;/h2-4,7-8,11,15-16,18H,5-6,9-10,12,25H2,1H3,(H,26,28);1H/t15-,16-,18?;/m1./s1. The van der Waals surface area contributed by atoms with Crippen molar-refractivity contribution >= 4 is 64.7 Å². The quantitative estimate of drug-likeness (QED) is 0.585. The van der Waals surface area contributed by atoms with Crippen molar-refractivity contribution in [1.82, 2.24) is 10.2 Å². The molecule has 1 aliphatic carbocycles. The smallest absolute Gasteiger partial charge is 0.247 e. The Morgan fingerprint density at radius 1 is 1.21 bits per heavy atom. The average Bonchev–Trinajstić information content (AvgIpc) is 2.65. The molecule has 4 nitrogen and oxygen atoms in total. The van der Waals surface area contributed by atoms with E-state index < -0.39 is 14.7 Å². The van der Waals surface area contributed by atoms with E-state index in [0.29, 0.717) is 5.57 Å². The molecule has 3 rings (SSSR count). The van der Waals surface area contributed by atoms with Crippen LogP contribution in [0.5, 0.6) is 0 Å². The van der Waals surface area contributed by atoms with Crippen molar-refractivity contribution in [2.75, 3.05) is 13.6 Å². The molecule has 29 heavy (non-hydrogen) atoms. The summed E-state index contributed by atoms with van der Waals surface area (Å²) in [4.78, 5) is 15.4. The first kappa shape index (κ1) is 25.1. The van der Waals surface area contributed by atoms with Crippen molar-refractivity contribution in [3.8, 4) is 0 Å². The van der Waals surface area contributed by atoms with Crippen molar-refractivity contribution in [1.29, 1.82) is 0 Å². The molecule has 1 aliphatic heterocycles. The van der Waals surface area contributed by atoms with E-state index in [9.17, 15) is 4.79 Å². The molecule has 0 saturated carbocycles. The second-order valence-corrected chi connectivity index (χ2v) is 10.7. The lowest BCUT2D eigenvalue weighted by atomic mass is 9.89. The number of alkyl halides is 4. The lowest BCUT2D eigenvalue weighted by Gasteiger charge is -2.40. The Morgan fingerprint density at radius 2 is 1.86 bits per heavy atom. The molecule has 1 amide bonds. The lowest BCUT2D eigenvalue weighted by molar-refractivity contribution is -0.119. The first-order valence-electron chi connectivity index (χ1n) is 9.41. The molecule has 0 radical (unpaired) electrons. The molecule has 0 spiro atoms. The van der Waals surface area contributed by atoms with Crippen molar-refractivity contribution in [2.45, 2.75) is 52.5 Å². The minimum atomic E-state index is -1.52. The molecule has 0 aromatic heterocycles. The maximum atomic E-state index is 13.1. The highest BCUT2D eigenvalue weighted by molar-refractivity contribution is 6.55. The van der Waals surface area contributed by atoms with Crippen molar-refractivity contribution in [2.24, 2.45) is 5.73 Å². The monoisotopic (exact) mass is 499 g/mol. The van der Waals surface area contributed by atoms with Gasteiger partial charge in [-0.15, -0.1) is 12.4 Å². The highest BCUT2D eigenvalue weighted by Crippen LogP contribution is 2.46. The van der Waals surface area contributed by atoms with Gasteiger partial charge in [-0.2, -0.15) is 0 Å². The van der Waals surface area contributed by atoms with Gasteiger partial charge in [0.05, 0.1) is 12.1 Å². The van der Waals surface area contributed by atoms with Gasteiger partial charge in [0.25, 0.3) is 0 Å². The summed E-state index contributed by atoms with van der Waals surface area (Å²) in [5.74, 6) is -0.281. The van der Waals surface area contributed by atoms with Crippen LogP contribution >= 0.6 is 58.8 Å². The van der Waals surface area contributed by atoms with Crippen LogP contribution in [0.3, 0.4) is 0 Å². The van der Waals surface area contributed by atoms with Crippen LogP contribution in [0.25, 0.3) is 0 Å². The summed E-state index contributed by atoms with van der Waals surface area (Å²) < 4.78 is -2.94. The molecular formula is C20H26Cl5N3O. The van der Waals surface area contributed by atoms with Crippen molar-refractivity contribution in [3.63, 3.8) is 0 Å². The summed E-state index contributed by atoms with van der Waals surface area (Å²) in [6, 6.07) is 9.08. The van der Waals surface area contributed by atoms with Crippen LogP contribution in [0.1, 0.15) is 37.3 Å². The van der Waals surface area contributed by atoms with Crippen LogP contribution < -0.4 is 11.1 Å². The summed E-state index contributed by atoms with van der Waals surface area (Å²) >= 11 is 25.2. The number of likely N-dealkylation sites (tertiary alicyclic amines) is 1. The summed E-state index contributed by atoms with van der Waals surface area (Å²) in [6.07, 6.45) is 4.83. The molecule has 1 saturated heterocycles. The molecule has 0 bridgehead atoms. The van der Waals surface area contributed by atoms with Crippen molar-refractivity contribution < 1.29 is 4.79 Å². The Hall–Kier alpha value is -0.200. The predicted molar refractivity (Wildman–Crippen MR) is 124 cm³/mol. The van der Waals surface area contributed by atoms with Crippen LogP contribution in [0.15, 0.2) is 42.0 Å². The second-order valence-electron chi connectivity index (χ2n) is 7.67. The van der Waals surface area contributed by atoms with Gasteiger partial charge in [-0.05, 0) is 38.1 Å². The number of hydrogen-bond donors (Lipinski definition) is 2. The Morgan fingerprint density at radius 3 is 2.45 bits per heavy atom. The third-order valence-electron chi connectivity index (χ3n) is 5.61. The highest BCUT2D eigenvalue weighted by atomic mass is 35.5. The van der Waals surface area contributed by atoms with Gasteiger partial charge in [0.15, 0.2) is 4.33 Å². The van der Waals surface area contributed by atoms with E-state index in [2.05, 4.69) is 17.3 Å². The fraction of sp³-hybridized carbons (Fsp3) is 0.550. The van der Waals surface area contributed by atoms with Gasteiger partial charge in [-0.25, -0.2) is 0 Å². The van der Waals surface area contributed by atoms with Gasteiger partial charge >= 0.3 is 0 Å². The summed E-state index contributed by atoms with van der Waals surface area (Å²) in [7, 11) is 2.09. The molecular weight excluding hydrogens is 476 g/mol. The number of piperidine rings is 1. The van der Waals surface area contributed by atoms with Crippen LogP contribution in [-0.2, 0) is 4.79 Å². The number of benzene rings is 1. The minimum absolute atomic E-state index is 0. The SMILES string of the molecule is CN1CCCC[C@@H]1[C@H](NC(=O)C1=CC(Cl)(Cl)C(N)C(Cl)(Cl)C1)c1ccccc1.Cl. The van der Waals surface area contributed by atoms with E-state index in [-0.39, 0.29) is 36.8 Å². The number of rotatable bonds is 4. The molecule has 1 unspecified atom stereocenters. The molecule has 2 aliphatic rings. The van der Waals surface area contributed by atoms with Crippen LogP contribution in [0, 0.1) is 0 Å². The van der Waals surface area contributed by atoms with E-state index in [4.69, 9.17) is 52.1 Å². The van der Waals surface area contributed by atoms with E-state index in [1.807, 2.05) is 30.3 Å². The van der Waals surface area contributed by atoms with Gasteiger partial charge in [-0.1, -0.05) is 83.2 Å². The first-order valence-corrected chi connectivity index (χ1v) is 10.9. The lowest BCUT2D eigenvalue weighted by Crippen LogP contribution is -2.54. The number of nitrogens with zero attached hydrogens (tertiary/aromatic N) is 1. The summed E-state index contributed by atoms with van der Waals surface area (Å²) in [5.41, 5.74) is 7.36.